The van der Waals surface area contributed by atoms with E-state index >= 15 is 0 Å². The molecule has 0 aromatic heterocycles. The van der Waals surface area contributed by atoms with Gasteiger partial charge in [-0.25, -0.2) is 17.9 Å². The third-order valence-corrected chi connectivity index (χ3v) is 3.47. The van der Waals surface area contributed by atoms with Crippen LogP contribution in [0.3, 0.4) is 0 Å². The number of rotatable bonds is 3. The van der Waals surface area contributed by atoms with Crippen molar-refractivity contribution in [2.45, 2.75) is 25.7 Å². The summed E-state index contributed by atoms with van der Waals surface area (Å²) >= 11 is 0. The van der Waals surface area contributed by atoms with Crippen LogP contribution in [0.4, 0.5) is 4.39 Å². The molecule has 0 fully saturated rings. The van der Waals surface area contributed by atoms with E-state index in [1.807, 2.05) is 20.8 Å². The zero-order chi connectivity index (χ0) is 15.7. The second-order valence-corrected chi connectivity index (χ2v) is 7.47. The number of hydrogen-bond donors (Lipinski definition) is 1. The second kappa shape index (κ2) is 5.49. The van der Waals surface area contributed by atoms with Crippen molar-refractivity contribution in [1.82, 2.24) is 4.90 Å². The van der Waals surface area contributed by atoms with Gasteiger partial charge in [0.2, 0.25) is 10.0 Å². The lowest BCUT2D eigenvalue weighted by molar-refractivity contribution is 0.0741. The Kier molecular flexibility index (Phi) is 4.55. The summed E-state index contributed by atoms with van der Waals surface area (Å²) in [6.07, 6.45) is 0. The quantitative estimate of drug-likeness (QED) is 0.920. The van der Waals surface area contributed by atoms with E-state index in [0.717, 1.165) is 18.2 Å². The number of nitrogens with two attached hydrogens (primary N) is 1. The molecule has 1 rings (SSSR count). The number of amides is 1. The standard InChI is InChI=1S/C13H19FN2O3S/c1-13(2,3)8-16(4)12(17)10-6-5-9(7-11(10)14)20(15,18)19/h5-7H,8H2,1-4H3,(H2,15,18,19). The maximum absolute atomic E-state index is 13.9. The van der Waals surface area contributed by atoms with Gasteiger partial charge in [0.05, 0.1) is 10.5 Å². The van der Waals surface area contributed by atoms with E-state index in [1.54, 1.807) is 7.05 Å². The van der Waals surface area contributed by atoms with Gasteiger partial charge in [-0.2, -0.15) is 0 Å². The van der Waals surface area contributed by atoms with Crippen LogP contribution in [0.2, 0.25) is 0 Å². The van der Waals surface area contributed by atoms with E-state index in [4.69, 9.17) is 5.14 Å². The van der Waals surface area contributed by atoms with Crippen LogP contribution in [0.15, 0.2) is 23.1 Å². The number of hydrogen-bond acceptors (Lipinski definition) is 3. The topological polar surface area (TPSA) is 80.5 Å². The van der Waals surface area contributed by atoms with E-state index in [1.165, 1.54) is 4.90 Å². The van der Waals surface area contributed by atoms with Gasteiger partial charge in [0, 0.05) is 13.6 Å². The average molecular weight is 302 g/mol. The first kappa shape index (κ1) is 16.6. The van der Waals surface area contributed by atoms with Crippen LogP contribution < -0.4 is 5.14 Å². The van der Waals surface area contributed by atoms with Gasteiger partial charge in [0.1, 0.15) is 5.82 Å². The van der Waals surface area contributed by atoms with Crippen LogP contribution in [0, 0.1) is 11.2 Å². The minimum absolute atomic E-state index is 0.124. The molecule has 0 bridgehead atoms. The first-order valence-electron chi connectivity index (χ1n) is 5.99. The second-order valence-electron chi connectivity index (χ2n) is 5.91. The molecule has 1 aromatic carbocycles. The first-order valence-corrected chi connectivity index (χ1v) is 7.54. The van der Waals surface area contributed by atoms with Crippen molar-refractivity contribution in [2.75, 3.05) is 13.6 Å². The Labute approximate surface area is 118 Å². The molecule has 0 aliphatic heterocycles. The predicted octanol–water partition coefficient (Wildman–Crippen LogP) is 1.59. The molecule has 5 nitrogen and oxygen atoms in total. The lowest BCUT2D eigenvalue weighted by Crippen LogP contribution is -2.35. The molecule has 0 atom stereocenters. The minimum atomic E-state index is -3.98. The Morgan fingerprint density at radius 2 is 1.90 bits per heavy atom. The molecular weight excluding hydrogens is 283 g/mol. The van der Waals surface area contributed by atoms with Crippen molar-refractivity contribution >= 4 is 15.9 Å². The summed E-state index contributed by atoms with van der Waals surface area (Å²) in [6.45, 7) is 6.31. The van der Waals surface area contributed by atoms with Crippen molar-refractivity contribution in [3.05, 3.63) is 29.6 Å². The largest absolute Gasteiger partial charge is 0.341 e. The summed E-state index contributed by atoms with van der Waals surface area (Å²) in [5.74, 6) is -1.40. The van der Waals surface area contributed by atoms with Gasteiger partial charge in [0.25, 0.3) is 5.91 Å². The Morgan fingerprint density at radius 3 is 2.30 bits per heavy atom. The van der Waals surface area contributed by atoms with Crippen molar-refractivity contribution in [3.63, 3.8) is 0 Å². The van der Waals surface area contributed by atoms with E-state index in [-0.39, 0.29) is 15.9 Å². The molecule has 0 aliphatic rings. The van der Waals surface area contributed by atoms with Gasteiger partial charge in [0.15, 0.2) is 0 Å². The molecule has 0 aliphatic carbocycles. The number of carbonyl (C=O) groups is 1. The molecule has 20 heavy (non-hydrogen) atoms. The fourth-order valence-corrected chi connectivity index (χ4v) is 2.36. The molecule has 0 saturated carbocycles. The number of sulfonamides is 1. The molecule has 0 unspecified atom stereocenters. The molecule has 0 radical (unpaired) electrons. The van der Waals surface area contributed by atoms with Crippen LogP contribution >= 0.6 is 0 Å². The Hall–Kier alpha value is -1.47. The fourth-order valence-electron chi connectivity index (χ4n) is 1.84. The summed E-state index contributed by atoms with van der Waals surface area (Å²) in [6, 6.07) is 3.01. The summed E-state index contributed by atoms with van der Waals surface area (Å²) in [5.41, 5.74) is -0.300. The Balaban J connectivity index is 3.07. The summed E-state index contributed by atoms with van der Waals surface area (Å²) in [5, 5.41) is 4.91. The van der Waals surface area contributed by atoms with Crippen molar-refractivity contribution in [1.29, 1.82) is 0 Å². The van der Waals surface area contributed by atoms with E-state index < -0.39 is 21.7 Å². The van der Waals surface area contributed by atoms with Gasteiger partial charge >= 0.3 is 0 Å². The molecular formula is C13H19FN2O3S. The van der Waals surface area contributed by atoms with Crippen LogP contribution in [-0.4, -0.2) is 32.8 Å². The highest BCUT2D eigenvalue weighted by Gasteiger charge is 2.22. The lowest BCUT2D eigenvalue weighted by atomic mass is 9.96. The maximum atomic E-state index is 13.9. The average Bonchev–Trinajstić information content (AvgIpc) is 2.24. The zero-order valence-electron chi connectivity index (χ0n) is 12.0. The van der Waals surface area contributed by atoms with Crippen LogP contribution in [-0.2, 0) is 10.0 Å². The van der Waals surface area contributed by atoms with Crippen LogP contribution in [0.1, 0.15) is 31.1 Å². The number of primary sulfonamides is 1. The first-order chi connectivity index (χ1) is 8.92. The molecule has 1 amide bonds. The van der Waals surface area contributed by atoms with Crippen LogP contribution in [0.25, 0.3) is 0 Å². The highest BCUT2D eigenvalue weighted by molar-refractivity contribution is 7.89. The Bertz CT molecular complexity index is 621. The number of carbonyl (C=O) groups excluding carboxylic acids is 1. The molecule has 0 heterocycles. The smallest absolute Gasteiger partial charge is 0.256 e. The number of nitrogens with zero attached hydrogens (tertiary/aromatic N) is 1. The summed E-state index contributed by atoms with van der Waals surface area (Å²) in [7, 11) is -2.41. The number of benzene rings is 1. The molecule has 0 saturated heterocycles. The third-order valence-electron chi connectivity index (χ3n) is 2.56. The lowest BCUT2D eigenvalue weighted by Gasteiger charge is -2.26. The minimum Gasteiger partial charge on any atom is -0.341 e. The van der Waals surface area contributed by atoms with Crippen LogP contribution in [0.5, 0.6) is 0 Å². The van der Waals surface area contributed by atoms with Gasteiger partial charge in [-0.3, -0.25) is 4.79 Å². The molecule has 2 N–H and O–H groups in total. The molecule has 112 valence electrons. The number of halogens is 1. The van der Waals surface area contributed by atoms with Gasteiger partial charge in [-0.1, -0.05) is 20.8 Å². The third kappa shape index (κ3) is 4.28. The van der Waals surface area contributed by atoms with Gasteiger partial charge in [-0.05, 0) is 23.6 Å². The summed E-state index contributed by atoms with van der Waals surface area (Å²) in [4.78, 5) is 13.2. The monoisotopic (exact) mass is 302 g/mol. The van der Waals surface area contributed by atoms with Gasteiger partial charge < -0.3 is 4.90 Å². The van der Waals surface area contributed by atoms with Crippen molar-refractivity contribution < 1.29 is 17.6 Å². The van der Waals surface area contributed by atoms with E-state index in [9.17, 15) is 17.6 Å². The van der Waals surface area contributed by atoms with E-state index in [2.05, 4.69) is 0 Å². The maximum Gasteiger partial charge on any atom is 0.256 e. The molecule has 7 heteroatoms. The fraction of sp³-hybridized carbons (Fsp3) is 0.462. The van der Waals surface area contributed by atoms with Gasteiger partial charge in [-0.15, -0.1) is 0 Å². The Morgan fingerprint density at radius 1 is 1.35 bits per heavy atom. The van der Waals surface area contributed by atoms with Crippen molar-refractivity contribution in [2.24, 2.45) is 10.6 Å². The summed E-state index contributed by atoms with van der Waals surface area (Å²) < 4.78 is 36.1. The normalized spacial score (nSPS) is 12.3. The van der Waals surface area contributed by atoms with E-state index in [0.29, 0.717) is 6.54 Å². The van der Waals surface area contributed by atoms with Crippen molar-refractivity contribution in [3.8, 4) is 0 Å². The highest BCUT2D eigenvalue weighted by Crippen LogP contribution is 2.19. The predicted molar refractivity (Wildman–Crippen MR) is 74.2 cm³/mol. The highest BCUT2D eigenvalue weighted by atomic mass is 32.2. The molecule has 1 aromatic rings. The zero-order valence-corrected chi connectivity index (χ0v) is 12.8. The SMILES string of the molecule is CN(CC(C)(C)C)C(=O)c1ccc(S(N)(=O)=O)cc1F. The molecule has 0 spiro atoms.